The maximum atomic E-state index is 13.2. The predicted molar refractivity (Wildman–Crippen MR) is 89.7 cm³/mol. The molecule has 5 nitrogen and oxygen atoms in total. The van der Waals surface area contributed by atoms with Crippen LogP contribution in [0, 0.1) is 12.7 Å². The van der Waals surface area contributed by atoms with E-state index in [1.165, 1.54) is 6.07 Å². The van der Waals surface area contributed by atoms with Crippen molar-refractivity contribution in [2.75, 3.05) is 18.4 Å². The van der Waals surface area contributed by atoms with E-state index in [0.717, 1.165) is 25.9 Å². The molecule has 7 heteroatoms. The van der Waals surface area contributed by atoms with Crippen LogP contribution in [-0.2, 0) is 0 Å². The third kappa shape index (κ3) is 4.09. The summed E-state index contributed by atoms with van der Waals surface area (Å²) in [5.74, 6) is -0.569. The van der Waals surface area contributed by atoms with E-state index in [0.29, 0.717) is 23.0 Å². The van der Waals surface area contributed by atoms with Crippen LogP contribution in [0.1, 0.15) is 34.9 Å². The first-order valence-corrected chi connectivity index (χ1v) is 7.47. The number of nitrogens with zero attached hydrogens (tertiary/aromatic N) is 2. The monoisotopic (exact) mass is 338 g/mol. The van der Waals surface area contributed by atoms with Gasteiger partial charge < -0.3 is 10.6 Å². The number of hydrogen-bond acceptors (Lipinski definition) is 3. The van der Waals surface area contributed by atoms with E-state index in [1.807, 2.05) is 10.9 Å². The number of piperidine rings is 1. The highest BCUT2D eigenvalue weighted by molar-refractivity contribution is 6.02. The first-order chi connectivity index (χ1) is 10.6. The minimum atomic E-state index is -0.285. The summed E-state index contributed by atoms with van der Waals surface area (Å²) in [5, 5.41) is 10.4. The van der Waals surface area contributed by atoms with Gasteiger partial charge in [-0.2, -0.15) is 5.10 Å². The highest BCUT2D eigenvalue weighted by Gasteiger charge is 2.17. The first kappa shape index (κ1) is 17.4. The smallest absolute Gasteiger partial charge is 0.276 e. The first-order valence-electron chi connectivity index (χ1n) is 7.47. The quantitative estimate of drug-likeness (QED) is 0.904. The molecule has 0 spiro atoms. The number of carbonyl (C=O) groups is 1. The minimum Gasteiger partial charge on any atom is -0.321 e. The number of aromatic nitrogens is 2. The van der Waals surface area contributed by atoms with Crippen molar-refractivity contribution in [3.05, 3.63) is 47.5 Å². The second-order valence-corrected chi connectivity index (χ2v) is 5.60. The van der Waals surface area contributed by atoms with Gasteiger partial charge in [0.2, 0.25) is 0 Å². The molecule has 2 heterocycles. The molecule has 0 radical (unpaired) electrons. The Hall–Kier alpha value is -1.92. The number of carbonyl (C=O) groups excluding carboxylic acids is 1. The SMILES string of the molecule is Cc1cc(NC(=O)c2ccn(C3CCCNC3)n2)ccc1F.Cl. The lowest BCUT2D eigenvalue weighted by molar-refractivity contribution is 0.102. The standard InChI is InChI=1S/C16H19FN4O.ClH/c1-11-9-12(4-5-14(11)17)19-16(22)15-6-8-21(20-15)13-3-2-7-18-10-13;/h4-6,8-9,13,18H,2-3,7,10H2,1H3,(H,19,22);1H. The molecule has 1 unspecified atom stereocenters. The summed E-state index contributed by atoms with van der Waals surface area (Å²) in [6.07, 6.45) is 4.01. The molecule has 1 fully saturated rings. The highest BCUT2D eigenvalue weighted by atomic mass is 35.5. The fraction of sp³-hybridized carbons (Fsp3) is 0.375. The van der Waals surface area contributed by atoms with Crippen molar-refractivity contribution >= 4 is 24.0 Å². The van der Waals surface area contributed by atoms with E-state index in [9.17, 15) is 9.18 Å². The molecule has 2 N–H and O–H groups in total. The summed E-state index contributed by atoms with van der Waals surface area (Å²) in [5.41, 5.74) is 1.43. The van der Waals surface area contributed by atoms with Crippen molar-refractivity contribution in [3.63, 3.8) is 0 Å². The molecule has 2 aromatic rings. The summed E-state index contributed by atoms with van der Waals surface area (Å²) in [4.78, 5) is 12.2. The van der Waals surface area contributed by atoms with Crippen molar-refractivity contribution in [3.8, 4) is 0 Å². The lowest BCUT2D eigenvalue weighted by Crippen LogP contribution is -2.32. The van der Waals surface area contributed by atoms with Gasteiger partial charge in [0.05, 0.1) is 6.04 Å². The van der Waals surface area contributed by atoms with Gasteiger partial charge in [-0.15, -0.1) is 12.4 Å². The van der Waals surface area contributed by atoms with Crippen LogP contribution in [0.25, 0.3) is 0 Å². The summed E-state index contributed by atoms with van der Waals surface area (Å²) >= 11 is 0. The molecule has 124 valence electrons. The number of benzene rings is 1. The molecular weight excluding hydrogens is 319 g/mol. The van der Waals surface area contributed by atoms with Gasteiger partial charge in [0, 0.05) is 18.4 Å². The molecular formula is C16H20ClFN4O. The zero-order valence-electron chi connectivity index (χ0n) is 12.9. The molecule has 0 bridgehead atoms. The molecule has 23 heavy (non-hydrogen) atoms. The van der Waals surface area contributed by atoms with Gasteiger partial charge in [0.15, 0.2) is 5.69 Å². The van der Waals surface area contributed by atoms with Crippen LogP contribution < -0.4 is 10.6 Å². The third-order valence-corrected chi connectivity index (χ3v) is 3.90. The number of rotatable bonds is 3. The average Bonchev–Trinajstić information content (AvgIpc) is 3.02. The Morgan fingerprint density at radius 2 is 2.26 bits per heavy atom. The van der Waals surface area contributed by atoms with Gasteiger partial charge in [-0.1, -0.05) is 0 Å². The Bertz CT molecular complexity index is 682. The van der Waals surface area contributed by atoms with Gasteiger partial charge >= 0.3 is 0 Å². The molecule has 1 saturated heterocycles. The largest absolute Gasteiger partial charge is 0.321 e. The average molecular weight is 339 g/mol. The number of anilines is 1. The Morgan fingerprint density at radius 1 is 1.43 bits per heavy atom. The van der Waals surface area contributed by atoms with Crippen LogP contribution in [0.5, 0.6) is 0 Å². The zero-order valence-corrected chi connectivity index (χ0v) is 13.7. The molecule has 3 rings (SSSR count). The third-order valence-electron chi connectivity index (χ3n) is 3.90. The fourth-order valence-corrected chi connectivity index (χ4v) is 2.64. The van der Waals surface area contributed by atoms with E-state index in [-0.39, 0.29) is 24.1 Å². The lowest BCUT2D eigenvalue weighted by Gasteiger charge is -2.22. The Morgan fingerprint density at radius 3 is 2.96 bits per heavy atom. The van der Waals surface area contributed by atoms with E-state index < -0.39 is 0 Å². The van der Waals surface area contributed by atoms with Crippen LogP contribution in [0.3, 0.4) is 0 Å². The molecule has 1 amide bonds. The van der Waals surface area contributed by atoms with Crippen molar-refractivity contribution in [1.29, 1.82) is 0 Å². The number of hydrogen-bond donors (Lipinski definition) is 2. The predicted octanol–water partition coefficient (Wildman–Crippen LogP) is 2.93. The molecule has 0 saturated carbocycles. The number of halogens is 2. The van der Waals surface area contributed by atoms with Gasteiger partial charge in [-0.05, 0) is 56.1 Å². The summed E-state index contributed by atoms with van der Waals surface area (Å²) in [6, 6.07) is 6.50. The second-order valence-electron chi connectivity index (χ2n) is 5.60. The molecule has 1 atom stereocenters. The van der Waals surface area contributed by atoms with Gasteiger partial charge in [-0.25, -0.2) is 4.39 Å². The van der Waals surface area contributed by atoms with Crippen molar-refractivity contribution in [2.24, 2.45) is 0 Å². The van der Waals surface area contributed by atoms with Gasteiger partial charge in [0.1, 0.15) is 5.82 Å². The summed E-state index contributed by atoms with van der Waals surface area (Å²) in [7, 11) is 0. The van der Waals surface area contributed by atoms with Crippen molar-refractivity contribution < 1.29 is 9.18 Å². The topological polar surface area (TPSA) is 59.0 Å². The zero-order chi connectivity index (χ0) is 15.5. The van der Waals surface area contributed by atoms with Gasteiger partial charge in [-0.3, -0.25) is 9.48 Å². The molecule has 1 aromatic carbocycles. The van der Waals surface area contributed by atoms with Crippen LogP contribution in [0.15, 0.2) is 30.5 Å². The Balaban J connectivity index is 0.00000192. The number of nitrogens with one attached hydrogen (secondary N) is 2. The molecule has 0 aliphatic carbocycles. The molecule has 1 aliphatic heterocycles. The Kier molecular flexibility index (Phi) is 5.74. The van der Waals surface area contributed by atoms with E-state index in [2.05, 4.69) is 15.7 Å². The maximum absolute atomic E-state index is 13.2. The minimum absolute atomic E-state index is 0. The van der Waals surface area contributed by atoms with Crippen LogP contribution in [0.2, 0.25) is 0 Å². The fourth-order valence-electron chi connectivity index (χ4n) is 2.64. The van der Waals surface area contributed by atoms with Crippen LogP contribution >= 0.6 is 12.4 Å². The van der Waals surface area contributed by atoms with Crippen molar-refractivity contribution in [1.82, 2.24) is 15.1 Å². The normalized spacial score (nSPS) is 17.4. The summed E-state index contributed by atoms with van der Waals surface area (Å²) in [6.45, 7) is 3.57. The van der Waals surface area contributed by atoms with Crippen molar-refractivity contribution in [2.45, 2.75) is 25.8 Å². The van der Waals surface area contributed by atoms with E-state index in [4.69, 9.17) is 0 Å². The van der Waals surface area contributed by atoms with Crippen LogP contribution in [0.4, 0.5) is 10.1 Å². The van der Waals surface area contributed by atoms with E-state index >= 15 is 0 Å². The number of amides is 1. The highest BCUT2D eigenvalue weighted by Crippen LogP contribution is 2.17. The lowest BCUT2D eigenvalue weighted by atomic mass is 10.1. The molecule has 1 aromatic heterocycles. The van der Waals surface area contributed by atoms with E-state index in [1.54, 1.807) is 25.1 Å². The maximum Gasteiger partial charge on any atom is 0.276 e. The van der Waals surface area contributed by atoms with Gasteiger partial charge in [0.25, 0.3) is 5.91 Å². The summed E-state index contributed by atoms with van der Waals surface area (Å²) < 4.78 is 15.1. The Labute approximate surface area is 140 Å². The number of aryl methyl sites for hydroxylation is 1. The van der Waals surface area contributed by atoms with Crippen LogP contribution in [-0.4, -0.2) is 28.8 Å². The second kappa shape index (κ2) is 7.57. The molecule has 1 aliphatic rings.